The molecule has 130 valence electrons. The lowest BCUT2D eigenvalue weighted by Gasteiger charge is -2.34. The Morgan fingerprint density at radius 2 is 1.96 bits per heavy atom. The Balaban J connectivity index is 1.60. The van der Waals surface area contributed by atoms with Gasteiger partial charge < -0.3 is 4.90 Å². The number of nitro benzene ring substituents is 1. The van der Waals surface area contributed by atoms with Crippen molar-refractivity contribution in [2.45, 2.75) is 13.5 Å². The molecule has 0 bridgehead atoms. The summed E-state index contributed by atoms with van der Waals surface area (Å²) in [7, 11) is 0. The Hall–Kier alpha value is -2.80. The molecule has 3 rings (SSSR count). The van der Waals surface area contributed by atoms with Crippen molar-refractivity contribution in [3.8, 4) is 0 Å². The van der Waals surface area contributed by atoms with Crippen molar-refractivity contribution >= 4 is 11.6 Å². The molecule has 1 aliphatic heterocycles. The molecule has 25 heavy (non-hydrogen) atoms. The van der Waals surface area contributed by atoms with Gasteiger partial charge in [-0.05, 0) is 31.2 Å². The summed E-state index contributed by atoms with van der Waals surface area (Å²) in [6.07, 6.45) is 1.78. The summed E-state index contributed by atoms with van der Waals surface area (Å²) < 4.78 is 0. The van der Waals surface area contributed by atoms with Crippen LogP contribution in [0.25, 0.3) is 0 Å². The van der Waals surface area contributed by atoms with E-state index in [0.29, 0.717) is 24.2 Å². The number of benzene rings is 1. The molecule has 0 unspecified atom stereocenters. The van der Waals surface area contributed by atoms with E-state index >= 15 is 0 Å². The summed E-state index contributed by atoms with van der Waals surface area (Å²) in [5.74, 6) is -0.0736. The highest BCUT2D eigenvalue weighted by Gasteiger charge is 2.23. The van der Waals surface area contributed by atoms with E-state index in [-0.39, 0.29) is 11.6 Å². The van der Waals surface area contributed by atoms with Crippen LogP contribution < -0.4 is 0 Å². The second kappa shape index (κ2) is 7.40. The number of nitrogens with zero attached hydrogens (tertiary/aromatic N) is 4. The highest BCUT2D eigenvalue weighted by atomic mass is 16.6. The van der Waals surface area contributed by atoms with Gasteiger partial charge in [0, 0.05) is 56.1 Å². The van der Waals surface area contributed by atoms with Gasteiger partial charge in [-0.1, -0.05) is 6.07 Å². The van der Waals surface area contributed by atoms with Gasteiger partial charge >= 0.3 is 0 Å². The zero-order valence-corrected chi connectivity index (χ0v) is 14.1. The zero-order chi connectivity index (χ0) is 17.8. The van der Waals surface area contributed by atoms with E-state index in [1.807, 2.05) is 18.2 Å². The molecule has 1 amide bonds. The zero-order valence-electron chi connectivity index (χ0n) is 14.1. The molecule has 1 aromatic carbocycles. The predicted octanol–water partition coefficient (Wildman–Crippen LogP) is 2.26. The molecule has 1 saturated heterocycles. The Labute approximate surface area is 146 Å². The number of piperazine rings is 1. The number of rotatable bonds is 4. The van der Waals surface area contributed by atoms with Crippen LogP contribution >= 0.6 is 0 Å². The van der Waals surface area contributed by atoms with Crippen LogP contribution in [-0.4, -0.2) is 51.8 Å². The van der Waals surface area contributed by atoms with Crippen LogP contribution in [0.1, 0.15) is 21.6 Å². The molecular weight excluding hydrogens is 320 g/mol. The van der Waals surface area contributed by atoms with Crippen LogP contribution in [0.5, 0.6) is 0 Å². The fraction of sp³-hybridized carbons (Fsp3) is 0.333. The number of hydrogen-bond acceptors (Lipinski definition) is 5. The molecule has 0 aliphatic carbocycles. The van der Waals surface area contributed by atoms with Crippen LogP contribution in [-0.2, 0) is 6.54 Å². The number of nitro groups is 1. The molecule has 2 aromatic rings. The van der Waals surface area contributed by atoms with E-state index in [1.165, 1.54) is 12.1 Å². The van der Waals surface area contributed by atoms with Gasteiger partial charge in [0.05, 0.1) is 10.6 Å². The molecule has 1 fully saturated rings. The molecular formula is C18H20N4O3. The second-order valence-electron chi connectivity index (χ2n) is 6.15. The molecule has 7 nitrogen and oxygen atoms in total. The van der Waals surface area contributed by atoms with Gasteiger partial charge in [0.15, 0.2) is 0 Å². The minimum atomic E-state index is -0.431. The third-order valence-corrected chi connectivity index (χ3v) is 4.41. The van der Waals surface area contributed by atoms with Crippen molar-refractivity contribution in [3.63, 3.8) is 0 Å². The number of carbonyl (C=O) groups is 1. The molecule has 0 atom stereocenters. The van der Waals surface area contributed by atoms with E-state index in [4.69, 9.17) is 0 Å². The van der Waals surface area contributed by atoms with Crippen LogP contribution in [0.3, 0.4) is 0 Å². The lowest BCUT2D eigenvalue weighted by molar-refractivity contribution is -0.385. The fourth-order valence-electron chi connectivity index (χ4n) is 3.01. The summed E-state index contributed by atoms with van der Waals surface area (Å²) in [4.78, 5) is 31.5. The van der Waals surface area contributed by atoms with Crippen molar-refractivity contribution in [1.82, 2.24) is 14.8 Å². The SMILES string of the molecule is Cc1cc(C(=O)N2CCN(Cc3ccccn3)CC2)ccc1[N+](=O)[O-]. The monoisotopic (exact) mass is 340 g/mol. The largest absolute Gasteiger partial charge is 0.336 e. The van der Waals surface area contributed by atoms with Crippen molar-refractivity contribution in [2.75, 3.05) is 26.2 Å². The summed E-state index contributed by atoms with van der Waals surface area (Å²) in [6, 6.07) is 10.4. The number of pyridine rings is 1. The number of amides is 1. The molecule has 0 radical (unpaired) electrons. The third kappa shape index (κ3) is 4.00. The molecule has 0 N–H and O–H groups in total. The van der Waals surface area contributed by atoms with Crippen LogP contribution in [0.4, 0.5) is 5.69 Å². The van der Waals surface area contributed by atoms with Gasteiger partial charge in [0.1, 0.15) is 0 Å². The molecule has 1 aromatic heterocycles. The first-order chi connectivity index (χ1) is 12.0. The Morgan fingerprint density at radius 1 is 1.20 bits per heavy atom. The molecule has 1 aliphatic rings. The van der Waals surface area contributed by atoms with Crippen molar-refractivity contribution < 1.29 is 9.72 Å². The van der Waals surface area contributed by atoms with Crippen molar-refractivity contribution in [3.05, 3.63) is 69.5 Å². The quantitative estimate of drug-likeness (QED) is 0.630. The van der Waals surface area contributed by atoms with Crippen LogP contribution in [0, 0.1) is 17.0 Å². The normalized spacial score (nSPS) is 15.2. The minimum absolute atomic E-state index is 0.0386. The first kappa shape index (κ1) is 17.0. The minimum Gasteiger partial charge on any atom is -0.336 e. The maximum atomic E-state index is 12.6. The number of aromatic nitrogens is 1. The van der Waals surface area contributed by atoms with Gasteiger partial charge in [-0.2, -0.15) is 0 Å². The lowest BCUT2D eigenvalue weighted by Crippen LogP contribution is -2.48. The maximum absolute atomic E-state index is 12.6. The average Bonchev–Trinajstić information content (AvgIpc) is 2.62. The first-order valence-corrected chi connectivity index (χ1v) is 8.21. The Morgan fingerprint density at radius 3 is 2.56 bits per heavy atom. The standard InChI is InChI=1S/C18H20N4O3/c1-14-12-15(5-6-17(14)22(24)25)18(23)21-10-8-20(9-11-21)13-16-4-2-3-7-19-16/h2-7,12H,8-11,13H2,1H3. The maximum Gasteiger partial charge on any atom is 0.272 e. The van der Waals surface area contributed by atoms with E-state index in [9.17, 15) is 14.9 Å². The number of hydrogen-bond donors (Lipinski definition) is 0. The van der Waals surface area contributed by atoms with Crippen molar-refractivity contribution in [2.24, 2.45) is 0 Å². The highest BCUT2D eigenvalue weighted by Crippen LogP contribution is 2.20. The Bertz CT molecular complexity index is 771. The molecule has 0 spiro atoms. The van der Waals surface area contributed by atoms with Gasteiger partial charge in [0.2, 0.25) is 0 Å². The number of carbonyl (C=O) groups excluding carboxylic acids is 1. The van der Waals surface area contributed by atoms with Crippen LogP contribution in [0.15, 0.2) is 42.6 Å². The van der Waals surface area contributed by atoms with Gasteiger partial charge in [-0.25, -0.2) is 0 Å². The smallest absolute Gasteiger partial charge is 0.272 e. The third-order valence-electron chi connectivity index (χ3n) is 4.41. The summed E-state index contributed by atoms with van der Waals surface area (Å²) in [5.41, 5.74) is 2.07. The van der Waals surface area contributed by atoms with Gasteiger partial charge in [-0.15, -0.1) is 0 Å². The molecule has 0 saturated carbocycles. The highest BCUT2D eigenvalue weighted by molar-refractivity contribution is 5.94. The average molecular weight is 340 g/mol. The summed E-state index contributed by atoms with van der Waals surface area (Å²) >= 11 is 0. The van der Waals surface area contributed by atoms with E-state index in [0.717, 1.165) is 25.3 Å². The van der Waals surface area contributed by atoms with Crippen LogP contribution in [0.2, 0.25) is 0 Å². The Kier molecular flexibility index (Phi) is 5.04. The van der Waals surface area contributed by atoms with E-state index in [1.54, 1.807) is 24.1 Å². The second-order valence-corrected chi connectivity index (χ2v) is 6.15. The topological polar surface area (TPSA) is 79.6 Å². The lowest BCUT2D eigenvalue weighted by atomic mass is 10.1. The fourth-order valence-corrected chi connectivity index (χ4v) is 3.01. The predicted molar refractivity (Wildman–Crippen MR) is 93.3 cm³/mol. The summed E-state index contributed by atoms with van der Waals surface area (Å²) in [5, 5.41) is 10.9. The van der Waals surface area contributed by atoms with Gasteiger partial charge in [-0.3, -0.25) is 24.8 Å². The molecule has 7 heteroatoms. The first-order valence-electron chi connectivity index (χ1n) is 8.21. The van der Waals surface area contributed by atoms with Crippen molar-refractivity contribution in [1.29, 1.82) is 0 Å². The van der Waals surface area contributed by atoms with E-state index < -0.39 is 4.92 Å². The van der Waals surface area contributed by atoms with Gasteiger partial charge in [0.25, 0.3) is 11.6 Å². The summed E-state index contributed by atoms with van der Waals surface area (Å²) in [6.45, 7) is 5.28. The van der Waals surface area contributed by atoms with E-state index in [2.05, 4.69) is 9.88 Å². The molecule has 2 heterocycles. The number of aryl methyl sites for hydroxylation is 1.